The van der Waals surface area contributed by atoms with E-state index < -0.39 is 17.5 Å². The third-order valence-electron chi connectivity index (χ3n) is 4.98. The minimum Gasteiger partial charge on any atom is -0.353 e. The Kier molecular flexibility index (Phi) is 5.24. The maximum Gasteiger partial charge on any atom is 0.251 e. The Bertz CT molecular complexity index is 1020. The summed E-state index contributed by atoms with van der Waals surface area (Å²) in [7, 11) is 0. The van der Waals surface area contributed by atoms with Gasteiger partial charge in [-0.1, -0.05) is 0 Å². The van der Waals surface area contributed by atoms with Crippen LogP contribution in [0.3, 0.4) is 0 Å². The molecular weight excluding hydrogens is 381 g/mol. The lowest BCUT2D eigenvalue weighted by molar-refractivity contribution is 0.0932. The maximum atomic E-state index is 13.4. The second-order valence-corrected chi connectivity index (χ2v) is 7.03. The molecule has 1 atom stereocenters. The molecule has 0 saturated carbocycles. The standard InChI is InChI=1S/C21H19F3N4O/c22-15-6-3-13(4-7-15)19-11-20(27-26-19)28-9-1-2-16(12-28)25-21(29)14-5-8-17(23)18(24)10-14/h3-8,10-11,16H,1-2,9,12H2,(H,25,29)(H,26,27). The number of aromatic amines is 1. The molecule has 1 fully saturated rings. The number of nitrogens with one attached hydrogen (secondary N) is 2. The average molecular weight is 400 g/mol. The lowest BCUT2D eigenvalue weighted by Crippen LogP contribution is -2.48. The van der Waals surface area contributed by atoms with Gasteiger partial charge in [0.2, 0.25) is 0 Å². The molecule has 5 nitrogen and oxygen atoms in total. The number of amides is 1. The molecule has 4 rings (SSSR count). The van der Waals surface area contributed by atoms with Crippen LogP contribution in [-0.2, 0) is 0 Å². The van der Waals surface area contributed by atoms with E-state index in [-0.39, 0.29) is 17.4 Å². The fourth-order valence-corrected chi connectivity index (χ4v) is 3.46. The molecule has 0 radical (unpaired) electrons. The minimum absolute atomic E-state index is 0.0828. The molecular formula is C21H19F3N4O. The van der Waals surface area contributed by atoms with E-state index in [0.29, 0.717) is 6.54 Å². The number of anilines is 1. The van der Waals surface area contributed by atoms with Crippen LogP contribution in [0.15, 0.2) is 48.5 Å². The Balaban J connectivity index is 1.42. The number of halogens is 3. The van der Waals surface area contributed by atoms with E-state index in [4.69, 9.17) is 0 Å². The number of hydrogen-bond donors (Lipinski definition) is 2. The molecule has 2 aromatic carbocycles. The first-order chi connectivity index (χ1) is 14.0. The Morgan fingerprint density at radius 2 is 1.86 bits per heavy atom. The number of aromatic nitrogens is 2. The van der Waals surface area contributed by atoms with Gasteiger partial charge in [-0.3, -0.25) is 9.89 Å². The summed E-state index contributed by atoms with van der Waals surface area (Å²) < 4.78 is 39.5. The molecule has 1 aliphatic heterocycles. The van der Waals surface area contributed by atoms with Gasteiger partial charge in [-0.15, -0.1) is 0 Å². The van der Waals surface area contributed by atoms with Gasteiger partial charge in [0.1, 0.15) is 5.82 Å². The van der Waals surface area contributed by atoms with Gasteiger partial charge in [0.15, 0.2) is 17.5 Å². The van der Waals surface area contributed by atoms with Gasteiger partial charge in [-0.05, 0) is 60.9 Å². The molecule has 0 aliphatic carbocycles. The third-order valence-corrected chi connectivity index (χ3v) is 4.98. The van der Waals surface area contributed by atoms with Crippen molar-refractivity contribution in [3.05, 3.63) is 71.5 Å². The van der Waals surface area contributed by atoms with E-state index in [9.17, 15) is 18.0 Å². The van der Waals surface area contributed by atoms with Crippen LogP contribution in [0.25, 0.3) is 11.3 Å². The van der Waals surface area contributed by atoms with Crippen LogP contribution in [-0.4, -0.2) is 35.2 Å². The second kappa shape index (κ2) is 7.98. The van der Waals surface area contributed by atoms with Crippen LogP contribution in [0.1, 0.15) is 23.2 Å². The molecule has 150 valence electrons. The molecule has 8 heteroatoms. The highest BCUT2D eigenvalue weighted by Crippen LogP contribution is 2.24. The van der Waals surface area contributed by atoms with Gasteiger partial charge in [0.05, 0.1) is 5.69 Å². The molecule has 3 aromatic rings. The minimum atomic E-state index is -1.05. The van der Waals surface area contributed by atoms with Crippen molar-refractivity contribution >= 4 is 11.7 Å². The Morgan fingerprint density at radius 3 is 2.62 bits per heavy atom. The summed E-state index contributed by atoms with van der Waals surface area (Å²) in [5.74, 6) is -2.04. The summed E-state index contributed by atoms with van der Waals surface area (Å²) >= 11 is 0. The summed E-state index contributed by atoms with van der Waals surface area (Å²) in [5, 5.41) is 10.2. The first kappa shape index (κ1) is 19.0. The molecule has 2 heterocycles. The molecule has 0 bridgehead atoms. The Labute approximate surface area is 165 Å². The predicted molar refractivity (Wildman–Crippen MR) is 103 cm³/mol. The van der Waals surface area contributed by atoms with E-state index >= 15 is 0 Å². The highest BCUT2D eigenvalue weighted by atomic mass is 19.2. The van der Waals surface area contributed by atoms with Crippen molar-refractivity contribution in [3.8, 4) is 11.3 Å². The number of rotatable bonds is 4. The zero-order chi connectivity index (χ0) is 20.4. The van der Waals surface area contributed by atoms with E-state index in [1.54, 1.807) is 12.1 Å². The smallest absolute Gasteiger partial charge is 0.251 e. The monoisotopic (exact) mass is 400 g/mol. The van der Waals surface area contributed by atoms with Crippen LogP contribution < -0.4 is 10.2 Å². The van der Waals surface area contributed by atoms with Crippen LogP contribution in [0.5, 0.6) is 0 Å². The van der Waals surface area contributed by atoms with E-state index in [0.717, 1.165) is 48.6 Å². The van der Waals surface area contributed by atoms with Crippen molar-refractivity contribution in [2.75, 3.05) is 18.0 Å². The van der Waals surface area contributed by atoms with Crippen LogP contribution in [0.2, 0.25) is 0 Å². The summed E-state index contributed by atoms with van der Waals surface area (Å²) in [6, 6.07) is 11.0. The number of hydrogen-bond acceptors (Lipinski definition) is 3. The normalized spacial score (nSPS) is 16.7. The van der Waals surface area contributed by atoms with Crippen molar-refractivity contribution < 1.29 is 18.0 Å². The lowest BCUT2D eigenvalue weighted by atomic mass is 10.0. The lowest BCUT2D eigenvalue weighted by Gasteiger charge is -2.33. The van der Waals surface area contributed by atoms with E-state index in [2.05, 4.69) is 15.5 Å². The fraction of sp³-hybridized carbons (Fsp3) is 0.238. The van der Waals surface area contributed by atoms with Crippen molar-refractivity contribution in [2.24, 2.45) is 0 Å². The molecule has 1 aliphatic rings. The van der Waals surface area contributed by atoms with E-state index in [1.807, 2.05) is 11.0 Å². The van der Waals surface area contributed by atoms with Gasteiger partial charge in [-0.2, -0.15) is 5.10 Å². The summed E-state index contributed by atoms with van der Waals surface area (Å²) in [6.07, 6.45) is 1.63. The van der Waals surface area contributed by atoms with Crippen LogP contribution in [0.4, 0.5) is 19.0 Å². The first-order valence-electron chi connectivity index (χ1n) is 9.32. The molecule has 1 amide bonds. The molecule has 29 heavy (non-hydrogen) atoms. The Morgan fingerprint density at radius 1 is 1.07 bits per heavy atom. The van der Waals surface area contributed by atoms with Gasteiger partial charge >= 0.3 is 0 Å². The van der Waals surface area contributed by atoms with Crippen molar-refractivity contribution in [1.29, 1.82) is 0 Å². The van der Waals surface area contributed by atoms with Crippen molar-refractivity contribution in [3.63, 3.8) is 0 Å². The van der Waals surface area contributed by atoms with Gasteiger partial charge < -0.3 is 10.2 Å². The number of nitrogens with zero attached hydrogens (tertiary/aromatic N) is 2. The van der Waals surface area contributed by atoms with Gasteiger partial charge in [-0.25, -0.2) is 13.2 Å². The van der Waals surface area contributed by atoms with Crippen LogP contribution >= 0.6 is 0 Å². The third kappa shape index (κ3) is 4.26. The topological polar surface area (TPSA) is 61.0 Å². The molecule has 2 N–H and O–H groups in total. The van der Waals surface area contributed by atoms with Crippen molar-refractivity contribution in [2.45, 2.75) is 18.9 Å². The van der Waals surface area contributed by atoms with E-state index in [1.165, 1.54) is 18.2 Å². The number of carbonyl (C=O) groups is 1. The zero-order valence-corrected chi connectivity index (χ0v) is 15.5. The molecule has 0 spiro atoms. The number of carbonyl (C=O) groups excluding carboxylic acids is 1. The highest BCUT2D eigenvalue weighted by molar-refractivity contribution is 5.94. The summed E-state index contributed by atoms with van der Waals surface area (Å²) in [5.41, 5.74) is 1.68. The molecule has 1 aromatic heterocycles. The fourth-order valence-electron chi connectivity index (χ4n) is 3.46. The quantitative estimate of drug-likeness (QED) is 0.699. The SMILES string of the molecule is O=C(NC1CCCN(c2cc(-c3ccc(F)cc3)[nH]n2)C1)c1ccc(F)c(F)c1. The first-order valence-corrected chi connectivity index (χ1v) is 9.32. The predicted octanol–water partition coefficient (Wildman–Crippen LogP) is 3.89. The Hall–Kier alpha value is -3.29. The summed E-state index contributed by atoms with van der Waals surface area (Å²) in [6.45, 7) is 1.33. The second-order valence-electron chi connectivity index (χ2n) is 7.03. The maximum absolute atomic E-state index is 13.4. The van der Waals surface area contributed by atoms with Gasteiger partial charge in [0, 0.05) is 30.8 Å². The number of piperidine rings is 1. The summed E-state index contributed by atoms with van der Waals surface area (Å²) in [4.78, 5) is 14.4. The zero-order valence-electron chi connectivity index (χ0n) is 15.5. The van der Waals surface area contributed by atoms with Crippen molar-refractivity contribution in [1.82, 2.24) is 15.5 Å². The highest BCUT2D eigenvalue weighted by Gasteiger charge is 2.24. The molecule has 1 unspecified atom stereocenters. The van der Waals surface area contributed by atoms with Gasteiger partial charge in [0.25, 0.3) is 5.91 Å². The molecule has 1 saturated heterocycles. The van der Waals surface area contributed by atoms with Crippen LogP contribution in [0, 0.1) is 17.5 Å². The average Bonchev–Trinajstić information content (AvgIpc) is 3.21. The largest absolute Gasteiger partial charge is 0.353 e. The number of H-pyrrole nitrogens is 1. The number of benzene rings is 2.